The molecule has 0 bridgehead atoms. The van der Waals surface area contributed by atoms with Gasteiger partial charge in [-0.3, -0.25) is 4.79 Å². The molecule has 3 rings (SSSR count). The minimum Gasteiger partial charge on any atom is -0.329 e. The van der Waals surface area contributed by atoms with Crippen LogP contribution in [0.5, 0.6) is 0 Å². The molecule has 24 heavy (non-hydrogen) atoms. The lowest BCUT2D eigenvalue weighted by Gasteiger charge is -2.36. The third-order valence-corrected chi connectivity index (χ3v) is 6.74. The SMILES string of the molecule is CCCC1CCN(S(=O)(=O)c2cccc3c(=O)[nH]ccc23)C(N)C1. The van der Waals surface area contributed by atoms with Crippen molar-refractivity contribution < 1.29 is 8.42 Å². The molecule has 1 fully saturated rings. The molecule has 0 amide bonds. The van der Waals surface area contributed by atoms with Gasteiger partial charge >= 0.3 is 0 Å². The van der Waals surface area contributed by atoms with Crippen molar-refractivity contribution in [3.63, 3.8) is 0 Å². The highest BCUT2D eigenvalue weighted by atomic mass is 32.2. The summed E-state index contributed by atoms with van der Waals surface area (Å²) in [4.78, 5) is 14.6. The maximum absolute atomic E-state index is 13.1. The topological polar surface area (TPSA) is 96.3 Å². The summed E-state index contributed by atoms with van der Waals surface area (Å²) in [6, 6.07) is 6.39. The maximum atomic E-state index is 13.1. The Bertz CT molecular complexity index is 891. The van der Waals surface area contributed by atoms with Crippen molar-refractivity contribution in [2.24, 2.45) is 11.7 Å². The average Bonchev–Trinajstić information content (AvgIpc) is 2.55. The molecule has 2 unspecified atom stereocenters. The first-order valence-electron chi connectivity index (χ1n) is 8.33. The standard InChI is InChI=1S/C17H23N3O3S/c1-2-4-12-8-10-20(16(18)11-12)24(22,23)15-6-3-5-14-13(15)7-9-19-17(14)21/h3,5-7,9,12,16H,2,4,8,10-11,18H2,1H3,(H,19,21). The molecule has 1 aliphatic rings. The number of pyridine rings is 1. The Morgan fingerprint density at radius 2 is 2.08 bits per heavy atom. The van der Waals surface area contributed by atoms with Crippen molar-refractivity contribution >= 4 is 20.8 Å². The van der Waals surface area contributed by atoms with E-state index in [9.17, 15) is 13.2 Å². The Labute approximate surface area is 141 Å². The number of fused-ring (bicyclic) bond motifs is 1. The summed E-state index contributed by atoms with van der Waals surface area (Å²) in [5.74, 6) is 0.479. The highest BCUT2D eigenvalue weighted by Crippen LogP contribution is 2.31. The van der Waals surface area contributed by atoms with Gasteiger partial charge in [0.1, 0.15) is 0 Å². The van der Waals surface area contributed by atoms with Gasteiger partial charge in [0.25, 0.3) is 5.56 Å². The Morgan fingerprint density at radius 1 is 1.29 bits per heavy atom. The number of nitrogens with zero attached hydrogens (tertiary/aromatic N) is 1. The van der Waals surface area contributed by atoms with Crippen LogP contribution in [0.2, 0.25) is 0 Å². The fourth-order valence-electron chi connectivity index (χ4n) is 3.57. The summed E-state index contributed by atoms with van der Waals surface area (Å²) in [5.41, 5.74) is 5.88. The Kier molecular flexibility index (Phi) is 4.76. The van der Waals surface area contributed by atoms with Gasteiger partial charge in [-0.1, -0.05) is 25.8 Å². The van der Waals surface area contributed by atoms with Gasteiger partial charge in [-0.25, -0.2) is 8.42 Å². The minimum atomic E-state index is -3.74. The third kappa shape index (κ3) is 2.99. The van der Waals surface area contributed by atoms with Crippen LogP contribution in [0.25, 0.3) is 10.8 Å². The van der Waals surface area contributed by atoms with E-state index in [1.807, 2.05) is 0 Å². The van der Waals surface area contributed by atoms with E-state index in [2.05, 4.69) is 11.9 Å². The van der Waals surface area contributed by atoms with Gasteiger partial charge in [-0.2, -0.15) is 4.31 Å². The first-order valence-corrected chi connectivity index (χ1v) is 9.77. The van der Waals surface area contributed by atoms with E-state index in [1.54, 1.807) is 24.3 Å². The van der Waals surface area contributed by atoms with E-state index in [-0.39, 0.29) is 10.5 Å². The molecule has 2 atom stereocenters. The van der Waals surface area contributed by atoms with Gasteiger partial charge in [-0.15, -0.1) is 0 Å². The van der Waals surface area contributed by atoms with Gasteiger partial charge in [-0.05, 0) is 37.0 Å². The fourth-order valence-corrected chi connectivity index (χ4v) is 5.31. The summed E-state index contributed by atoms with van der Waals surface area (Å²) in [5, 5.41) is 0.803. The van der Waals surface area contributed by atoms with Gasteiger partial charge < -0.3 is 10.7 Å². The first kappa shape index (κ1) is 17.1. The maximum Gasteiger partial charge on any atom is 0.255 e. The van der Waals surface area contributed by atoms with Crippen LogP contribution in [-0.4, -0.2) is 30.4 Å². The Hall–Kier alpha value is -1.70. The highest BCUT2D eigenvalue weighted by Gasteiger charge is 2.35. The number of piperidine rings is 1. The van der Waals surface area contributed by atoms with E-state index in [1.165, 1.54) is 10.5 Å². The predicted octanol–water partition coefficient (Wildman–Crippen LogP) is 2.01. The molecule has 0 aliphatic carbocycles. The number of nitrogens with one attached hydrogen (secondary N) is 1. The number of H-pyrrole nitrogens is 1. The zero-order valence-electron chi connectivity index (χ0n) is 13.7. The van der Waals surface area contributed by atoms with Crippen LogP contribution in [0.3, 0.4) is 0 Å². The predicted molar refractivity (Wildman–Crippen MR) is 94.1 cm³/mol. The lowest BCUT2D eigenvalue weighted by molar-refractivity contribution is 0.193. The lowest BCUT2D eigenvalue weighted by atomic mass is 9.92. The fraction of sp³-hybridized carbons (Fsp3) is 0.471. The molecule has 0 saturated carbocycles. The Balaban J connectivity index is 2.00. The van der Waals surface area contributed by atoms with Gasteiger partial charge in [0.2, 0.25) is 10.0 Å². The third-order valence-electron chi connectivity index (χ3n) is 4.76. The molecule has 2 aromatic rings. The zero-order chi connectivity index (χ0) is 17.3. The van der Waals surface area contributed by atoms with Crippen LogP contribution in [0.1, 0.15) is 32.6 Å². The van der Waals surface area contributed by atoms with E-state index in [0.29, 0.717) is 29.7 Å². The zero-order valence-corrected chi connectivity index (χ0v) is 14.6. The number of benzene rings is 1. The highest BCUT2D eigenvalue weighted by molar-refractivity contribution is 7.89. The number of aromatic nitrogens is 1. The van der Waals surface area contributed by atoms with Crippen molar-refractivity contribution in [1.29, 1.82) is 0 Å². The smallest absolute Gasteiger partial charge is 0.255 e. The van der Waals surface area contributed by atoms with E-state index in [4.69, 9.17) is 5.73 Å². The van der Waals surface area contributed by atoms with Crippen LogP contribution in [0, 0.1) is 5.92 Å². The van der Waals surface area contributed by atoms with Gasteiger partial charge in [0.05, 0.1) is 11.1 Å². The van der Waals surface area contributed by atoms with Crippen molar-refractivity contribution in [1.82, 2.24) is 9.29 Å². The molecule has 130 valence electrons. The quantitative estimate of drug-likeness (QED) is 0.882. The molecule has 1 aromatic heterocycles. The summed E-state index contributed by atoms with van der Waals surface area (Å²) in [7, 11) is -3.74. The largest absolute Gasteiger partial charge is 0.329 e. The molecule has 6 nitrogen and oxygen atoms in total. The van der Waals surface area contributed by atoms with Crippen molar-refractivity contribution in [2.45, 2.75) is 43.7 Å². The molecular weight excluding hydrogens is 326 g/mol. The number of hydrogen-bond acceptors (Lipinski definition) is 4. The van der Waals surface area contributed by atoms with Crippen LogP contribution >= 0.6 is 0 Å². The number of aromatic amines is 1. The molecule has 1 saturated heterocycles. The van der Waals surface area contributed by atoms with Crippen molar-refractivity contribution in [3.05, 3.63) is 40.8 Å². The monoisotopic (exact) mass is 349 g/mol. The summed E-state index contributed by atoms with van der Waals surface area (Å²) < 4.78 is 27.6. The molecule has 7 heteroatoms. The van der Waals surface area contributed by atoms with Gasteiger partial charge in [0.15, 0.2) is 0 Å². The minimum absolute atomic E-state index is 0.149. The summed E-state index contributed by atoms with van der Waals surface area (Å²) in [6.07, 6.45) is 4.61. The number of nitrogens with two attached hydrogens (primary N) is 1. The van der Waals surface area contributed by atoms with Crippen molar-refractivity contribution in [3.8, 4) is 0 Å². The number of hydrogen-bond donors (Lipinski definition) is 2. The number of sulfonamides is 1. The second-order valence-electron chi connectivity index (χ2n) is 6.39. The lowest BCUT2D eigenvalue weighted by Crippen LogP contribution is -2.50. The normalized spacial score (nSPS) is 22.8. The second kappa shape index (κ2) is 6.66. The van der Waals surface area contributed by atoms with Crippen LogP contribution in [0.4, 0.5) is 0 Å². The molecule has 1 aliphatic heterocycles. The Morgan fingerprint density at radius 3 is 2.79 bits per heavy atom. The summed E-state index contributed by atoms with van der Waals surface area (Å²) >= 11 is 0. The molecule has 0 radical (unpaired) electrons. The molecule has 3 N–H and O–H groups in total. The summed E-state index contributed by atoms with van der Waals surface area (Å²) in [6.45, 7) is 2.55. The molecule has 2 heterocycles. The van der Waals surface area contributed by atoms with Crippen LogP contribution in [0.15, 0.2) is 40.2 Å². The molecular formula is C17H23N3O3S. The van der Waals surface area contributed by atoms with Crippen LogP contribution < -0.4 is 11.3 Å². The molecule has 1 aromatic carbocycles. The van der Waals surface area contributed by atoms with Crippen LogP contribution in [-0.2, 0) is 10.0 Å². The average molecular weight is 349 g/mol. The van der Waals surface area contributed by atoms with E-state index >= 15 is 0 Å². The van der Waals surface area contributed by atoms with Gasteiger partial charge in [0, 0.05) is 23.5 Å². The van der Waals surface area contributed by atoms with E-state index < -0.39 is 16.2 Å². The number of rotatable bonds is 4. The molecule has 0 spiro atoms. The first-order chi connectivity index (χ1) is 11.4. The van der Waals surface area contributed by atoms with Crippen molar-refractivity contribution in [2.75, 3.05) is 6.54 Å². The van der Waals surface area contributed by atoms with E-state index in [0.717, 1.165) is 19.3 Å². The second-order valence-corrected chi connectivity index (χ2v) is 8.25.